The van der Waals surface area contributed by atoms with Gasteiger partial charge in [0.25, 0.3) is 0 Å². The van der Waals surface area contributed by atoms with Gasteiger partial charge in [-0.15, -0.1) is 0 Å². The van der Waals surface area contributed by atoms with E-state index in [4.69, 9.17) is 5.11 Å². The molecule has 1 unspecified atom stereocenters. The van der Waals surface area contributed by atoms with Crippen LogP contribution in [0.5, 0.6) is 0 Å². The van der Waals surface area contributed by atoms with Gasteiger partial charge >= 0.3 is 5.97 Å². The van der Waals surface area contributed by atoms with Crippen molar-refractivity contribution in [2.24, 2.45) is 0 Å². The number of carboxylic acid groups (broad SMARTS) is 1. The molecule has 1 fully saturated rings. The first kappa shape index (κ1) is 14.5. The van der Waals surface area contributed by atoms with Crippen molar-refractivity contribution < 1.29 is 9.90 Å². The highest BCUT2D eigenvalue weighted by atomic mass is 16.4. The van der Waals surface area contributed by atoms with Crippen molar-refractivity contribution in [3.05, 3.63) is 0 Å². The number of hydrogen-bond acceptors (Lipinski definition) is 3. The standard InChI is InChI=1S/C13H26N2O2/c1-3-9-14-12(13(16)17)10-15(2)11-7-5-4-6-8-11/h11-12,14H,3-10H2,1-2H3,(H,16,17). The van der Waals surface area contributed by atoms with Crippen molar-refractivity contribution in [1.82, 2.24) is 10.2 Å². The van der Waals surface area contributed by atoms with Gasteiger partial charge in [-0.2, -0.15) is 0 Å². The predicted molar refractivity (Wildman–Crippen MR) is 69.2 cm³/mol. The van der Waals surface area contributed by atoms with E-state index in [1.807, 2.05) is 0 Å². The fraction of sp³-hybridized carbons (Fsp3) is 0.923. The van der Waals surface area contributed by atoms with E-state index in [0.717, 1.165) is 13.0 Å². The fourth-order valence-electron chi connectivity index (χ4n) is 2.51. The average molecular weight is 242 g/mol. The Balaban J connectivity index is 2.38. The second-order valence-electron chi connectivity index (χ2n) is 5.08. The zero-order valence-electron chi connectivity index (χ0n) is 11.1. The fourth-order valence-corrected chi connectivity index (χ4v) is 2.51. The van der Waals surface area contributed by atoms with Crippen LogP contribution in [0.4, 0.5) is 0 Å². The van der Waals surface area contributed by atoms with Gasteiger partial charge in [-0.3, -0.25) is 4.79 Å². The van der Waals surface area contributed by atoms with Crippen LogP contribution in [-0.4, -0.2) is 48.2 Å². The Morgan fingerprint density at radius 3 is 2.59 bits per heavy atom. The molecule has 1 saturated carbocycles. The molecule has 0 saturated heterocycles. The molecule has 0 aliphatic heterocycles. The van der Waals surface area contributed by atoms with Crippen LogP contribution < -0.4 is 5.32 Å². The summed E-state index contributed by atoms with van der Waals surface area (Å²) in [5.74, 6) is -0.735. The number of hydrogen-bond donors (Lipinski definition) is 2. The Kier molecular flexibility index (Phi) is 6.52. The Bertz CT molecular complexity index is 227. The monoisotopic (exact) mass is 242 g/mol. The number of nitrogens with one attached hydrogen (secondary N) is 1. The molecule has 4 nitrogen and oxygen atoms in total. The van der Waals surface area contributed by atoms with E-state index in [1.165, 1.54) is 32.1 Å². The maximum atomic E-state index is 11.1. The van der Waals surface area contributed by atoms with Crippen LogP contribution in [0.1, 0.15) is 45.4 Å². The third kappa shape index (κ3) is 5.04. The van der Waals surface area contributed by atoms with Crippen LogP contribution in [0.15, 0.2) is 0 Å². The number of rotatable bonds is 7. The minimum Gasteiger partial charge on any atom is -0.480 e. The summed E-state index contributed by atoms with van der Waals surface area (Å²) >= 11 is 0. The number of carboxylic acids is 1. The molecule has 0 aromatic heterocycles. The summed E-state index contributed by atoms with van der Waals surface area (Å²) in [6, 6.07) is 0.149. The quantitative estimate of drug-likeness (QED) is 0.713. The molecule has 100 valence electrons. The lowest BCUT2D eigenvalue weighted by Crippen LogP contribution is -2.48. The molecule has 2 N–H and O–H groups in total. The van der Waals surface area contributed by atoms with Gasteiger partial charge in [0.15, 0.2) is 0 Å². The van der Waals surface area contributed by atoms with Crippen molar-refractivity contribution in [3.8, 4) is 0 Å². The zero-order valence-corrected chi connectivity index (χ0v) is 11.1. The minimum atomic E-state index is -0.735. The van der Waals surface area contributed by atoms with Gasteiger partial charge in [0, 0.05) is 12.6 Å². The predicted octanol–water partition coefficient (Wildman–Crippen LogP) is 1.70. The summed E-state index contributed by atoms with van der Waals surface area (Å²) in [5.41, 5.74) is 0. The number of likely N-dealkylation sites (N-methyl/N-ethyl adjacent to an activating group) is 1. The third-order valence-electron chi connectivity index (χ3n) is 3.61. The molecule has 0 spiro atoms. The van der Waals surface area contributed by atoms with Gasteiger partial charge in [0.2, 0.25) is 0 Å². The normalized spacial score (nSPS) is 19.5. The summed E-state index contributed by atoms with van der Waals surface area (Å²) in [4.78, 5) is 13.4. The van der Waals surface area contributed by atoms with Gasteiger partial charge < -0.3 is 15.3 Å². The van der Waals surface area contributed by atoms with E-state index in [0.29, 0.717) is 12.6 Å². The van der Waals surface area contributed by atoms with Gasteiger partial charge in [0.05, 0.1) is 0 Å². The smallest absolute Gasteiger partial charge is 0.322 e. The van der Waals surface area contributed by atoms with E-state index in [9.17, 15) is 4.79 Å². The molecular weight excluding hydrogens is 216 g/mol. The number of nitrogens with zero attached hydrogens (tertiary/aromatic N) is 1. The van der Waals surface area contributed by atoms with Crippen LogP contribution in [0.3, 0.4) is 0 Å². The molecule has 0 radical (unpaired) electrons. The molecule has 1 atom stereocenters. The molecule has 0 heterocycles. The molecule has 4 heteroatoms. The lowest BCUT2D eigenvalue weighted by atomic mass is 9.94. The maximum Gasteiger partial charge on any atom is 0.322 e. The van der Waals surface area contributed by atoms with Crippen molar-refractivity contribution in [2.45, 2.75) is 57.5 Å². The van der Waals surface area contributed by atoms with Gasteiger partial charge in [-0.1, -0.05) is 26.2 Å². The van der Waals surface area contributed by atoms with E-state index in [1.54, 1.807) is 0 Å². The third-order valence-corrected chi connectivity index (χ3v) is 3.61. The van der Waals surface area contributed by atoms with E-state index in [-0.39, 0.29) is 0 Å². The van der Waals surface area contributed by atoms with E-state index < -0.39 is 12.0 Å². The van der Waals surface area contributed by atoms with E-state index >= 15 is 0 Å². The molecule has 0 aromatic carbocycles. The van der Waals surface area contributed by atoms with Crippen molar-refractivity contribution in [1.29, 1.82) is 0 Å². The summed E-state index contributed by atoms with van der Waals surface area (Å²) in [7, 11) is 2.06. The Morgan fingerprint density at radius 1 is 1.41 bits per heavy atom. The SMILES string of the molecule is CCCNC(CN(C)C1CCCCC1)C(=O)O. The average Bonchev–Trinajstić information content (AvgIpc) is 2.35. The summed E-state index contributed by atoms with van der Waals surface area (Å²) in [6.45, 7) is 3.44. The summed E-state index contributed by atoms with van der Waals surface area (Å²) in [5, 5.41) is 12.3. The highest BCUT2D eigenvalue weighted by Crippen LogP contribution is 2.21. The minimum absolute atomic E-state index is 0.429. The highest BCUT2D eigenvalue weighted by molar-refractivity contribution is 5.73. The second kappa shape index (κ2) is 7.67. The molecule has 17 heavy (non-hydrogen) atoms. The molecule has 1 rings (SSSR count). The van der Waals surface area contributed by atoms with Crippen molar-refractivity contribution >= 4 is 5.97 Å². The Morgan fingerprint density at radius 2 is 2.06 bits per heavy atom. The summed E-state index contributed by atoms with van der Waals surface area (Å²) < 4.78 is 0. The molecule has 0 bridgehead atoms. The summed E-state index contributed by atoms with van der Waals surface area (Å²) in [6.07, 6.45) is 7.31. The first-order chi connectivity index (χ1) is 8.15. The largest absolute Gasteiger partial charge is 0.480 e. The number of aliphatic carboxylic acids is 1. The van der Waals surface area contributed by atoms with Crippen LogP contribution in [-0.2, 0) is 4.79 Å². The molecule has 0 aromatic rings. The van der Waals surface area contributed by atoms with Gasteiger partial charge in [-0.25, -0.2) is 0 Å². The first-order valence-electron chi connectivity index (χ1n) is 6.81. The second-order valence-corrected chi connectivity index (χ2v) is 5.08. The van der Waals surface area contributed by atoms with Crippen molar-refractivity contribution in [2.75, 3.05) is 20.1 Å². The van der Waals surface area contributed by atoms with E-state index in [2.05, 4.69) is 24.2 Å². The zero-order chi connectivity index (χ0) is 12.7. The molecule has 0 amide bonds. The topological polar surface area (TPSA) is 52.6 Å². The number of carbonyl (C=O) groups is 1. The van der Waals surface area contributed by atoms with Gasteiger partial charge in [-0.05, 0) is 32.9 Å². The van der Waals surface area contributed by atoms with Crippen LogP contribution in [0.2, 0.25) is 0 Å². The van der Waals surface area contributed by atoms with Crippen LogP contribution >= 0.6 is 0 Å². The first-order valence-corrected chi connectivity index (χ1v) is 6.81. The maximum absolute atomic E-state index is 11.1. The molecule has 1 aliphatic rings. The Labute approximate surface area is 104 Å². The molecule has 1 aliphatic carbocycles. The Hall–Kier alpha value is -0.610. The lowest BCUT2D eigenvalue weighted by molar-refractivity contribution is -0.140. The highest BCUT2D eigenvalue weighted by Gasteiger charge is 2.23. The van der Waals surface area contributed by atoms with Crippen LogP contribution in [0, 0.1) is 0 Å². The van der Waals surface area contributed by atoms with Crippen LogP contribution in [0.25, 0.3) is 0 Å². The lowest BCUT2D eigenvalue weighted by Gasteiger charge is -2.33. The van der Waals surface area contributed by atoms with Gasteiger partial charge in [0.1, 0.15) is 6.04 Å². The molecular formula is C13H26N2O2. The van der Waals surface area contributed by atoms with Crippen molar-refractivity contribution in [3.63, 3.8) is 0 Å².